The average molecular weight is 346 g/mol. The number of benzene rings is 1. The quantitative estimate of drug-likeness (QED) is 0.795. The van der Waals surface area contributed by atoms with E-state index in [4.69, 9.17) is 9.47 Å². The van der Waals surface area contributed by atoms with Crippen molar-refractivity contribution in [3.63, 3.8) is 0 Å². The predicted molar refractivity (Wildman–Crippen MR) is 80.5 cm³/mol. The van der Waals surface area contributed by atoms with Gasteiger partial charge < -0.3 is 19.9 Å². The molecule has 0 radical (unpaired) electrons. The summed E-state index contributed by atoms with van der Waals surface area (Å²) in [5.74, 6) is 0.837. The van der Waals surface area contributed by atoms with Gasteiger partial charge >= 0.3 is 0 Å². The Morgan fingerprint density at radius 3 is 2.35 bits per heavy atom. The molecule has 1 aromatic carbocycles. The van der Waals surface area contributed by atoms with E-state index in [0.717, 1.165) is 0 Å². The first-order valence-corrected chi connectivity index (χ1v) is 7.20. The molecule has 0 aliphatic carbocycles. The summed E-state index contributed by atoms with van der Waals surface area (Å²) in [6.07, 6.45) is 0.826. The third-order valence-electron chi connectivity index (χ3n) is 2.94. The number of rotatable bonds is 7. The second-order valence-electron chi connectivity index (χ2n) is 4.30. The van der Waals surface area contributed by atoms with Crippen molar-refractivity contribution in [1.82, 2.24) is 5.32 Å². The number of carbonyl (C=O) groups excluding carboxylic acids is 1. The van der Waals surface area contributed by atoms with Gasteiger partial charge in [-0.1, -0.05) is 6.92 Å². The summed E-state index contributed by atoms with van der Waals surface area (Å²) in [6.45, 7) is 2.32. The fourth-order valence-corrected chi connectivity index (χ4v) is 2.21. The molecule has 0 aliphatic rings. The molecule has 0 saturated carbocycles. The number of hydrogen-bond donors (Lipinski definition) is 2. The molecule has 1 unspecified atom stereocenters. The normalized spacial score (nSPS) is 11.8. The number of hydrogen-bond acceptors (Lipinski definition) is 4. The van der Waals surface area contributed by atoms with Gasteiger partial charge in [-0.2, -0.15) is 0 Å². The maximum absolute atomic E-state index is 12.0. The molecule has 112 valence electrons. The topological polar surface area (TPSA) is 67.8 Å². The molecule has 6 heteroatoms. The Morgan fingerprint density at radius 1 is 1.35 bits per heavy atom. The van der Waals surface area contributed by atoms with Gasteiger partial charge in [-0.25, -0.2) is 0 Å². The minimum absolute atomic E-state index is 0.225. The maximum atomic E-state index is 12.0. The fraction of sp³-hybridized carbons (Fsp3) is 0.500. The lowest BCUT2D eigenvalue weighted by atomic mass is 10.1. The summed E-state index contributed by atoms with van der Waals surface area (Å²) < 4.78 is 11.1. The first-order chi connectivity index (χ1) is 9.53. The molecule has 1 aromatic rings. The van der Waals surface area contributed by atoms with Crippen LogP contribution in [0.25, 0.3) is 0 Å². The minimum Gasteiger partial charge on any atom is -0.495 e. The minimum atomic E-state index is -0.385. The second kappa shape index (κ2) is 8.11. The highest BCUT2D eigenvalue weighted by Gasteiger charge is 2.14. The Morgan fingerprint density at radius 2 is 1.90 bits per heavy atom. The van der Waals surface area contributed by atoms with Gasteiger partial charge in [0.2, 0.25) is 0 Å². The lowest BCUT2D eigenvalue weighted by Gasteiger charge is -2.12. The number of aliphatic hydroxyl groups is 1. The zero-order valence-electron chi connectivity index (χ0n) is 11.9. The number of amides is 1. The van der Waals surface area contributed by atoms with Crippen LogP contribution in [0, 0.1) is 0 Å². The Hall–Kier alpha value is -1.27. The second-order valence-corrected chi connectivity index (χ2v) is 5.09. The van der Waals surface area contributed by atoms with E-state index in [-0.39, 0.29) is 12.0 Å². The van der Waals surface area contributed by atoms with Crippen LogP contribution in [0.15, 0.2) is 16.6 Å². The van der Waals surface area contributed by atoms with Crippen molar-refractivity contribution in [1.29, 1.82) is 0 Å². The van der Waals surface area contributed by atoms with Gasteiger partial charge in [0.25, 0.3) is 5.91 Å². The van der Waals surface area contributed by atoms with Crippen LogP contribution >= 0.6 is 15.9 Å². The van der Waals surface area contributed by atoms with E-state index >= 15 is 0 Å². The highest BCUT2D eigenvalue weighted by molar-refractivity contribution is 9.10. The van der Waals surface area contributed by atoms with E-state index in [1.165, 1.54) is 14.2 Å². The third kappa shape index (κ3) is 4.38. The smallest absolute Gasteiger partial charge is 0.251 e. The standard InChI is InChI=1S/C14H20BrNO4/c1-4-10(17)5-6-16-14(18)9-7-11(19-2)13(15)12(8-9)20-3/h7-8,10,17H,4-6H2,1-3H3,(H,16,18). The van der Waals surface area contributed by atoms with Gasteiger partial charge in [0, 0.05) is 12.1 Å². The highest BCUT2D eigenvalue weighted by Crippen LogP contribution is 2.35. The molecule has 0 fully saturated rings. The van der Waals surface area contributed by atoms with Crippen molar-refractivity contribution >= 4 is 21.8 Å². The third-order valence-corrected chi connectivity index (χ3v) is 3.72. The van der Waals surface area contributed by atoms with Crippen molar-refractivity contribution in [2.45, 2.75) is 25.9 Å². The van der Waals surface area contributed by atoms with Crippen LogP contribution in [0.1, 0.15) is 30.1 Å². The van der Waals surface area contributed by atoms with Crippen molar-refractivity contribution in [3.8, 4) is 11.5 Å². The van der Waals surface area contributed by atoms with Crippen LogP contribution in [-0.4, -0.2) is 37.9 Å². The molecule has 0 bridgehead atoms. The molecule has 20 heavy (non-hydrogen) atoms. The summed E-state index contributed by atoms with van der Waals surface area (Å²) in [5.41, 5.74) is 0.452. The van der Waals surface area contributed by atoms with E-state index in [9.17, 15) is 9.90 Å². The molecular weight excluding hydrogens is 326 g/mol. The SMILES string of the molecule is CCC(O)CCNC(=O)c1cc(OC)c(Br)c(OC)c1. The van der Waals surface area contributed by atoms with E-state index in [1.807, 2.05) is 6.92 Å². The number of ether oxygens (including phenoxy) is 2. The van der Waals surface area contributed by atoms with Gasteiger partial charge in [-0.05, 0) is 40.9 Å². The van der Waals surface area contributed by atoms with Crippen molar-refractivity contribution < 1.29 is 19.4 Å². The van der Waals surface area contributed by atoms with Crippen LogP contribution in [0.3, 0.4) is 0 Å². The van der Waals surface area contributed by atoms with E-state index in [2.05, 4.69) is 21.2 Å². The Balaban J connectivity index is 2.77. The number of carbonyl (C=O) groups is 1. The average Bonchev–Trinajstić information content (AvgIpc) is 2.46. The fourth-order valence-electron chi connectivity index (χ4n) is 1.66. The van der Waals surface area contributed by atoms with Gasteiger partial charge in [-0.15, -0.1) is 0 Å². The zero-order chi connectivity index (χ0) is 15.1. The predicted octanol–water partition coefficient (Wildman–Crippen LogP) is 2.36. The molecule has 1 amide bonds. The highest BCUT2D eigenvalue weighted by atomic mass is 79.9. The van der Waals surface area contributed by atoms with Crippen molar-refractivity contribution in [2.75, 3.05) is 20.8 Å². The summed E-state index contributed by atoms with van der Waals surface area (Å²) in [6, 6.07) is 3.27. The number of aliphatic hydroxyl groups excluding tert-OH is 1. The molecule has 5 nitrogen and oxygen atoms in total. The first kappa shape index (κ1) is 16.8. The largest absolute Gasteiger partial charge is 0.495 e. The van der Waals surface area contributed by atoms with Gasteiger partial charge in [-0.3, -0.25) is 4.79 Å². The molecule has 2 N–H and O–H groups in total. The van der Waals surface area contributed by atoms with E-state index in [1.54, 1.807) is 12.1 Å². The van der Waals surface area contributed by atoms with Gasteiger partial charge in [0.05, 0.1) is 20.3 Å². The Labute approximate surface area is 127 Å². The molecule has 0 aromatic heterocycles. The van der Waals surface area contributed by atoms with Gasteiger partial charge in [0.1, 0.15) is 16.0 Å². The Bertz CT molecular complexity index is 439. The monoisotopic (exact) mass is 345 g/mol. The molecule has 1 atom stereocenters. The van der Waals surface area contributed by atoms with E-state index in [0.29, 0.717) is 40.9 Å². The molecule has 0 aliphatic heterocycles. The zero-order valence-corrected chi connectivity index (χ0v) is 13.5. The van der Waals surface area contributed by atoms with Crippen molar-refractivity contribution in [2.24, 2.45) is 0 Å². The number of methoxy groups -OCH3 is 2. The Kier molecular flexibility index (Phi) is 6.81. The van der Waals surface area contributed by atoms with Crippen LogP contribution in [0.2, 0.25) is 0 Å². The lowest BCUT2D eigenvalue weighted by Crippen LogP contribution is -2.27. The molecular formula is C14H20BrNO4. The number of nitrogens with one attached hydrogen (secondary N) is 1. The summed E-state index contributed by atoms with van der Waals surface area (Å²) in [7, 11) is 3.05. The van der Waals surface area contributed by atoms with Crippen LogP contribution < -0.4 is 14.8 Å². The van der Waals surface area contributed by atoms with E-state index < -0.39 is 0 Å². The van der Waals surface area contributed by atoms with Crippen LogP contribution in [-0.2, 0) is 0 Å². The van der Waals surface area contributed by atoms with Crippen LogP contribution in [0.4, 0.5) is 0 Å². The molecule has 0 saturated heterocycles. The van der Waals surface area contributed by atoms with Gasteiger partial charge in [0.15, 0.2) is 0 Å². The summed E-state index contributed by atoms with van der Waals surface area (Å²) >= 11 is 3.35. The van der Waals surface area contributed by atoms with Crippen molar-refractivity contribution in [3.05, 3.63) is 22.2 Å². The van der Waals surface area contributed by atoms with Crippen LogP contribution in [0.5, 0.6) is 11.5 Å². The first-order valence-electron chi connectivity index (χ1n) is 6.41. The summed E-state index contributed by atoms with van der Waals surface area (Å²) in [5, 5.41) is 12.2. The summed E-state index contributed by atoms with van der Waals surface area (Å²) in [4.78, 5) is 12.0. The molecule has 1 rings (SSSR count). The maximum Gasteiger partial charge on any atom is 0.251 e. The lowest BCUT2D eigenvalue weighted by molar-refractivity contribution is 0.0941. The molecule has 0 spiro atoms. The number of halogens is 1. The molecule has 0 heterocycles.